The van der Waals surface area contributed by atoms with E-state index < -0.39 is 0 Å². The minimum atomic E-state index is -0.189. The molecule has 1 amide bonds. The average Bonchev–Trinajstić information content (AvgIpc) is 2.88. The highest BCUT2D eigenvalue weighted by Gasteiger charge is 2.12. The van der Waals surface area contributed by atoms with Crippen molar-refractivity contribution in [1.29, 1.82) is 0 Å². The van der Waals surface area contributed by atoms with Gasteiger partial charge in [-0.15, -0.1) is 11.3 Å². The van der Waals surface area contributed by atoms with Crippen molar-refractivity contribution in [3.63, 3.8) is 0 Å². The molecule has 0 fully saturated rings. The quantitative estimate of drug-likeness (QED) is 0.888. The Morgan fingerprint density at radius 1 is 1.53 bits per heavy atom. The van der Waals surface area contributed by atoms with Gasteiger partial charge in [-0.1, -0.05) is 17.4 Å². The average molecular weight is 268 g/mol. The molecule has 0 unspecified atom stereocenters. The summed E-state index contributed by atoms with van der Waals surface area (Å²) in [6, 6.07) is 4.03. The Morgan fingerprint density at radius 3 is 2.94 bits per heavy atom. The molecular formula is C11H12N2O2S2. The van der Waals surface area contributed by atoms with Crippen LogP contribution in [0.2, 0.25) is 0 Å². The number of amides is 1. The standard InChI is InChI=1S/C11H12N2O2S2/c1-7-9(17-11(15)13-7)10(14)12-5-4-8-3-2-6-16-8/h2-3,6H,4-5H2,1H3,(H,12,14)(H,13,15). The largest absolute Gasteiger partial charge is 0.351 e. The second-order valence-corrected chi connectivity index (χ2v) is 5.57. The lowest BCUT2D eigenvalue weighted by molar-refractivity contribution is 0.0957. The lowest BCUT2D eigenvalue weighted by atomic mass is 10.3. The van der Waals surface area contributed by atoms with Gasteiger partial charge in [0.15, 0.2) is 0 Å². The number of aromatic nitrogens is 1. The number of hydrogen-bond acceptors (Lipinski definition) is 4. The van der Waals surface area contributed by atoms with Crippen LogP contribution in [0.25, 0.3) is 0 Å². The van der Waals surface area contributed by atoms with Crippen LogP contribution >= 0.6 is 22.7 Å². The molecule has 2 aromatic heterocycles. The predicted molar refractivity (Wildman–Crippen MR) is 70.0 cm³/mol. The Balaban J connectivity index is 1.89. The van der Waals surface area contributed by atoms with Gasteiger partial charge in [-0.05, 0) is 24.8 Å². The molecule has 0 saturated heterocycles. The van der Waals surface area contributed by atoms with Crippen molar-refractivity contribution in [3.05, 3.63) is 42.6 Å². The van der Waals surface area contributed by atoms with Gasteiger partial charge >= 0.3 is 4.87 Å². The van der Waals surface area contributed by atoms with Crippen LogP contribution in [0.1, 0.15) is 20.2 Å². The predicted octanol–water partition coefficient (Wildman–Crippen LogP) is 1.78. The van der Waals surface area contributed by atoms with Gasteiger partial charge in [0.2, 0.25) is 0 Å². The van der Waals surface area contributed by atoms with Crippen molar-refractivity contribution in [2.75, 3.05) is 6.54 Å². The molecule has 4 nitrogen and oxygen atoms in total. The van der Waals surface area contributed by atoms with E-state index in [9.17, 15) is 9.59 Å². The Bertz CT molecular complexity index is 554. The third-order valence-corrected chi connectivity index (χ3v) is 4.19. The van der Waals surface area contributed by atoms with Crippen LogP contribution in [0, 0.1) is 6.92 Å². The fraction of sp³-hybridized carbons (Fsp3) is 0.273. The zero-order valence-electron chi connectivity index (χ0n) is 9.28. The smallest absolute Gasteiger partial charge is 0.305 e. The van der Waals surface area contributed by atoms with Gasteiger partial charge < -0.3 is 10.3 Å². The topological polar surface area (TPSA) is 62.0 Å². The molecule has 0 spiro atoms. The molecule has 2 rings (SSSR count). The summed E-state index contributed by atoms with van der Waals surface area (Å²) in [7, 11) is 0. The summed E-state index contributed by atoms with van der Waals surface area (Å²) in [5.74, 6) is -0.178. The van der Waals surface area contributed by atoms with Crippen molar-refractivity contribution >= 4 is 28.6 Å². The van der Waals surface area contributed by atoms with Gasteiger partial charge in [-0.25, -0.2) is 0 Å². The van der Waals surface area contributed by atoms with Crippen LogP contribution in [0.15, 0.2) is 22.3 Å². The highest BCUT2D eigenvalue weighted by Crippen LogP contribution is 2.09. The molecule has 0 aliphatic carbocycles. The zero-order chi connectivity index (χ0) is 12.3. The summed E-state index contributed by atoms with van der Waals surface area (Å²) in [4.78, 5) is 26.9. The number of nitrogens with one attached hydrogen (secondary N) is 2. The number of thiophene rings is 1. The van der Waals surface area contributed by atoms with E-state index >= 15 is 0 Å². The minimum Gasteiger partial charge on any atom is -0.351 e. The van der Waals surface area contributed by atoms with E-state index in [4.69, 9.17) is 0 Å². The maximum absolute atomic E-state index is 11.8. The fourth-order valence-corrected chi connectivity index (χ4v) is 2.92. The van der Waals surface area contributed by atoms with Crippen molar-refractivity contribution in [1.82, 2.24) is 10.3 Å². The number of carbonyl (C=O) groups is 1. The van der Waals surface area contributed by atoms with E-state index in [0.717, 1.165) is 17.8 Å². The monoisotopic (exact) mass is 268 g/mol. The Labute approximate surface area is 106 Å². The maximum Gasteiger partial charge on any atom is 0.305 e. The second kappa shape index (κ2) is 5.29. The second-order valence-electron chi connectivity index (χ2n) is 3.55. The summed E-state index contributed by atoms with van der Waals surface area (Å²) < 4.78 is 0. The molecule has 2 N–H and O–H groups in total. The first kappa shape index (κ1) is 12.1. The lowest BCUT2D eigenvalue weighted by Gasteiger charge is -2.02. The van der Waals surface area contributed by atoms with Crippen LogP contribution in [-0.2, 0) is 6.42 Å². The first-order valence-electron chi connectivity index (χ1n) is 5.17. The Kier molecular flexibility index (Phi) is 3.75. The molecule has 0 atom stereocenters. The highest BCUT2D eigenvalue weighted by molar-refractivity contribution is 7.11. The van der Waals surface area contributed by atoms with E-state index in [1.54, 1.807) is 18.3 Å². The van der Waals surface area contributed by atoms with E-state index in [-0.39, 0.29) is 10.8 Å². The van der Waals surface area contributed by atoms with Gasteiger partial charge in [0, 0.05) is 17.1 Å². The van der Waals surface area contributed by atoms with Crippen molar-refractivity contribution in [3.8, 4) is 0 Å². The number of aryl methyl sites for hydroxylation is 1. The first-order chi connectivity index (χ1) is 8.16. The molecule has 0 bridgehead atoms. The van der Waals surface area contributed by atoms with Gasteiger partial charge in [0.05, 0.1) is 0 Å². The SMILES string of the molecule is Cc1[nH]c(=O)sc1C(=O)NCCc1cccs1. The number of rotatable bonds is 4. The van der Waals surface area contributed by atoms with Crippen LogP contribution < -0.4 is 10.2 Å². The fourth-order valence-electron chi connectivity index (χ4n) is 1.46. The van der Waals surface area contributed by atoms with Crippen molar-refractivity contribution < 1.29 is 4.79 Å². The molecule has 2 heterocycles. The molecule has 90 valence electrons. The number of thiazole rings is 1. The van der Waals surface area contributed by atoms with Crippen LogP contribution in [-0.4, -0.2) is 17.4 Å². The number of H-pyrrole nitrogens is 1. The van der Waals surface area contributed by atoms with Crippen molar-refractivity contribution in [2.45, 2.75) is 13.3 Å². The van der Waals surface area contributed by atoms with Gasteiger partial charge in [0.25, 0.3) is 5.91 Å². The van der Waals surface area contributed by atoms with Crippen molar-refractivity contribution in [2.24, 2.45) is 0 Å². The molecule has 0 saturated carbocycles. The summed E-state index contributed by atoms with van der Waals surface area (Å²) in [6.07, 6.45) is 0.821. The van der Waals surface area contributed by atoms with Gasteiger partial charge in [-0.3, -0.25) is 9.59 Å². The Hall–Kier alpha value is -1.40. The minimum absolute atomic E-state index is 0.178. The summed E-state index contributed by atoms with van der Waals surface area (Å²) in [5.41, 5.74) is 0.633. The zero-order valence-corrected chi connectivity index (χ0v) is 10.9. The van der Waals surface area contributed by atoms with Gasteiger partial charge in [0.1, 0.15) is 4.88 Å². The van der Waals surface area contributed by atoms with Crippen LogP contribution in [0.4, 0.5) is 0 Å². The van der Waals surface area contributed by atoms with Crippen LogP contribution in [0.5, 0.6) is 0 Å². The third kappa shape index (κ3) is 3.04. The summed E-state index contributed by atoms with van der Waals surface area (Å²) in [5, 5.41) is 4.82. The van der Waals surface area contributed by atoms with Crippen LogP contribution in [0.3, 0.4) is 0 Å². The Morgan fingerprint density at radius 2 is 2.35 bits per heavy atom. The summed E-state index contributed by atoms with van der Waals surface area (Å²) in [6.45, 7) is 2.32. The molecule has 0 aromatic carbocycles. The molecule has 17 heavy (non-hydrogen) atoms. The molecule has 0 radical (unpaired) electrons. The number of hydrogen-bond donors (Lipinski definition) is 2. The van der Waals surface area contributed by atoms with E-state index in [1.807, 2.05) is 17.5 Å². The first-order valence-corrected chi connectivity index (χ1v) is 6.86. The maximum atomic E-state index is 11.8. The lowest BCUT2D eigenvalue weighted by Crippen LogP contribution is -2.25. The van der Waals surface area contributed by atoms with E-state index in [1.165, 1.54) is 4.88 Å². The molecule has 6 heteroatoms. The third-order valence-electron chi connectivity index (χ3n) is 2.27. The molecule has 2 aromatic rings. The van der Waals surface area contributed by atoms with Gasteiger partial charge in [-0.2, -0.15) is 0 Å². The summed E-state index contributed by atoms with van der Waals surface area (Å²) >= 11 is 2.62. The van der Waals surface area contributed by atoms with E-state index in [2.05, 4.69) is 10.3 Å². The highest BCUT2D eigenvalue weighted by atomic mass is 32.1. The molecular weight excluding hydrogens is 256 g/mol. The number of carbonyl (C=O) groups excluding carboxylic acids is 1. The molecule has 0 aliphatic rings. The van der Waals surface area contributed by atoms with E-state index in [0.29, 0.717) is 17.1 Å². The normalized spacial score (nSPS) is 10.4. The number of aromatic amines is 1. The molecule has 0 aliphatic heterocycles.